The number of hydrogen-bond donors (Lipinski definition) is 1. The van der Waals surface area contributed by atoms with E-state index in [2.05, 4.69) is 49.5 Å². The highest BCUT2D eigenvalue weighted by atomic mass is 35.5. The standard InChI is InChI=1S/C21H29ClN6/c1-7-17(13(2)3)24-21-25-19(27(6)16-10-8-9-15(22)11-16)18-20(26-21)28(12-23-18)14(4)5/h8-14,17H,7H2,1-6H3,(H,24,25,26)/t17-/m0/s1. The largest absolute Gasteiger partial charge is 0.351 e. The van der Waals surface area contributed by atoms with Gasteiger partial charge in [0.05, 0.1) is 6.33 Å². The maximum atomic E-state index is 6.20. The van der Waals surface area contributed by atoms with Gasteiger partial charge in [-0.15, -0.1) is 0 Å². The maximum absolute atomic E-state index is 6.20. The fraction of sp³-hybridized carbons (Fsp3) is 0.476. The van der Waals surface area contributed by atoms with E-state index in [1.807, 2.05) is 42.5 Å². The van der Waals surface area contributed by atoms with Crippen LogP contribution >= 0.6 is 11.6 Å². The van der Waals surface area contributed by atoms with Crippen LogP contribution in [0.5, 0.6) is 0 Å². The summed E-state index contributed by atoms with van der Waals surface area (Å²) in [7, 11) is 1.98. The number of nitrogens with one attached hydrogen (secondary N) is 1. The zero-order chi connectivity index (χ0) is 20.4. The van der Waals surface area contributed by atoms with Crippen LogP contribution in [0, 0.1) is 5.92 Å². The Labute approximate surface area is 172 Å². The van der Waals surface area contributed by atoms with Gasteiger partial charge in [0.2, 0.25) is 5.95 Å². The Kier molecular flexibility index (Phi) is 6.08. The Bertz CT molecular complexity index is 949. The van der Waals surface area contributed by atoms with Gasteiger partial charge in [0, 0.05) is 29.8 Å². The van der Waals surface area contributed by atoms with Crippen LogP contribution < -0.4 is 10.2 Å². The molecule has 7 heteroatoms. The summed E-state index contributed by atoms with van der Waals surface area (Å²) in [6.45, 7) is 10.8. The molecule has 0 aliphatic heterocycles. The summed E-state index contributed by atoms with van der Waals surface area (Å²) in [5.41, 5.74) is 2.56. The number of benzene rings is 1. The summed E-state index contributed by atoms with van der Waals surface area (Å²) in [6.07, 6.45) is 2.84. The summed E-state index contributed by atoms with van der Waals surface area (Å²) in [5.74, 6) is 1.86. The van der Waals surface area contributed by atoms with Gasteiger partial charge < -0.3 is 14.8 Å². The summed E-state index contributed by atoms with van der Waals surface area (Å²) in [4.78, 5) is 16.3. The summed E-state index contributed by atoms with van der Waals surface area (Å²) in [5, 5.41) is 4.20. The second-order valence-corrected chi connectivity index (χ2v) is 8.17. The highest BCUT2D eigenvalue weighted by Gasteiger charge is 2.20. The fourth-order valence-electron chi connectivity index (χ4n) is 3.29. The molecule has 0 bridgehead atoms. The third-order valence-corrected chi connectivity index (χ3v) is 5.27. The molecule has 0 saturated carbocycles. The van der Waals surface area contributed by atoms with E-state index in [9.17, 15) is 0 Å². The molecule has 28 heavy (non-hydrogen) atoms. The van der Waals surface area contributed by atoms with Crippen molar-refractivity contribution in [1.82, 2.24) is 19.5 Å². The van der Waals surface area contributed by atoms with Crippen molar-refractivity contribution in [2.24, 2.45) is 5.92 Å². The van der Waals surface area contributed by atoms with Crippen LogP contribution in [0.2, 0.25) is 5.02 Å². The quantitative estimate of drug-likeness (QED) is 0.553. The molecule has 1 atom stereocenters. The second-order valence-electron chi connectivity index (χ2n) is 7.73. The molecule has 3 rings (SSSR count). The molecule has 1 N–H and O–H groups in total. The molecule has 0 aliphatic carbocycles. The predicted molar refractivity (Wildman–Crippen MR) is 118 cm³/mol. The molecule has 0 spiro atoms. The number of anilines is 3. The van der Waals surface area contributed by atoms with E-state index >= 15 is 0 Å². The molecular formula is C21H29ClN6. The van der Waals surface area contributed by atoms with Crippen molar-refractivity contribution in [3.05, 3.63) is 35.6 Å². The maximum Gasteiger partial charge on any atom is 0.227 e. The molecule has 150 valence electrons. The van der Waals surface area contributed by atoms with E-state index in [1.54, 1.807) is 0 Å². The number of aromatic nitrogens is 4. The van der Waals surface area contributed by atoms with Gasteiger partial charge in [-0.05, 0) is 44.4 Å². The highest BCUT2D eigenvalue weighted by Crippen LogP contribution is 2.31. The molecule has 2 heterocycles. The van der Waals surface area contributed by atoms with Gasteiger partial charge in [-0.1, -0.05) is 38.4 Å². The van der Waals surface area contributed by atoms with E-state index in [0.717, 1.165) is 29.1 Å². The Balaban J connectivity index is 2.14. The third kappa shape index (κ3) is 4.07. The Morgan fingerprint density at radius 3 is 2.54 bits per heavy atom. The molecule has 6 nitrogen and oxygen atoms in total. The summed E-state index contributed by atoms with van der Waals surface area (Å²) in [6, 6.07) is 8.29. The molecule has 2 aromatic heterocycles. The zero-order valence-corrected chi connectivity index (χ0v) is 18.2. The Morgan fingerprint density at radius 2 is 1.93 bits per heavy atom. The van der Waals surface area contributed by atoms with Gasteiger partial charge in [0.15, 0.2) is 17.0 Å². The average molecular weight is 401 g/mol. The predicted octanol–water partition coefficient (Wildman–Crippen LogP) is 5.68. The van der Waals surface area contributed by atoms with Crippen molar-refractivity contribution < 1.29 is 0 Å². The lowest BCUT2D eigenvalue weighted by Crippen LogP contribution is -2.26. The van der Waals surface area contributed by atoms with Crippen molar-refractivity contribution >= 4 is 40.2 Å². The van der Waals surface area contributed by atoms with Crippen LogP contribution in [0.25, 0.3) is 11.2 Å². The topological polar surface area (TPSA) is 58.9 Å². The first-order valence-corrected chi connectivity index (χ1v) is 10.2. The van der Waals surface area contributed by atoms with Gasteiger partial charge >= 0.3 is 0 Å². The van der Waals surface area contributed by atoms with E-state index in [1.165, 1.54) is 0 Å². The van der Waals surface area contributed by atoms with Crippen molar-refractivity contribution in [3.63, 3.8) is 0 Å². The number of imidazole rings is 1. The van der Waals surface area contributed by atoms with Crippen LogP contribution in [0.4, 0.5) is 17.5 Å². The lowest BCUT2D eigenvalue weighted by molar-refractivity contribution is 0.508. The smallest absolute Gasteiger partial charge is 0.227 e. The SMILES string of the molecule is CC[C@H](Nc1nc(N(C)c2cccc(Cl)c2)c2ncn(C(C)C)c2n1)C(C)C. The van der Waals surface area contributed by atoms with Crippen molar-refractivity contribution in [1.29, 1.82) is 0 Å². The molecule has 0 fully saturated rings. The second kappa shape index (κ2) is 8.35. The number of nitrogens with zero attached hydrogens (tertiary/aromatic N) is 5. The van der Waals surface area contributed by atoms with E-state index in [-0.39, 0.29) is 6.04 Å². The van der Waals surface area contributed by atoms with Crippen LogP contribution in [0.3, 0.4) is 0 Å². The summed E-state index contributed by atoms with van der Waals surface area (Å²) < 4.78 is 2.08. The first-order chi connectivity index (χ1) is 13.3. The number of fused-ring (bicyclic) bond motifs is 1. The Hall–Kier alpha value is -2.34. The van der Waals surface area contributed by atoms with Crippen molar-refractivity contribution in [3.8, 4) is 0 Å². The first-order valence-electron chi connectivity index (χ1n) is 9.82. The van der Waals surface area contributed by atoms with E-state index in [0.29, 0.717) is 22.9 Å². The fourth-order valence-corrected chi connectivity index (χ4v) is 3.48. The van der Waals surface area contributed by atoms with E-state index < -0.39 is 0 Å². The molecule has 1 aromatic carbocycles. The average Bonchev–Trinajstić information content (AvgIpc) is 3.08. The van der Waals surface area contributed by atoms with Crippen molar-refractivity contribution in [2.45, 2.75) is 53.1 Å². The van der Waals surface area contributed by atoms with Gasteiger partial charge in [0.25, 0.3) is 0 Å². The lowest BCUT2D eigenvalue weighted by atomic mass is 10.0. The molecule has 0 aliphatic rings. The van der Waals surface area contributed by atoms with Gasteiger partial charge in [-0.3, -0.25) is 0 Å². The van der Waals surface area contributed by atoms with E-state index in [4.69, 9.17) is 21.6 Å². The normalized spacial score (nSPS) is 12.8. The van der Waals surface area contributed by atoms with Crippen LogP contribution in [-0.2, 0) is 0 Å². The van der Waals surface area contributed by atoms with Gasteiger partial charge in [0.1, 0.15) is 0 Å². The molecule has 0 saturated heterocycles. The molecule has 3 aromatic rings. The number of halogens is 1. The Morgan fingerprint density at radius 1 is 1.18 bits per heavy atom. The van der Waals surface area contributed by atoms with Crippen LogP contribution in [-0.4, -0.2) is 32.6 Å². The van der Waals surface area contributed by atoms with Crippen LogP contribution in [0.1, 0.15) is 47.1 Å². The minimum atomic E-state index is 0.254. The van der Waals surface area contributed by atoms with Gasteiger partial charge in [-0.2, -0.15) is 9.97 Å². The highest BCUT2D eigenvalue weighted by molar-refractivity contribution is 6.30. The molecule has 0 unspecified atom stereocenters. The lowest BCUT2D eigenvalue weighted by Gasteiger charge is -2.23. The minimum absolute atomic E-state index is 0.254. The number of hydrogen-bond acceptors (Lipinski definition) is 5. The molecule has 0 radical (unpaired) electrons. The monoisotopic (exact) mass is 400 g/mol. The third-order valence-electron chi connectivity index (χ3n) is 5.03. The van der Waals surface area contributed by atoms with Crippen LogP contribution in [0.15, 0.2) is 30.6 Å². The first kappa shape index (κ1) is 20.4. The molecule has 0 amide bonds. The summed E-state index contributed by atoms with van der Waals surface area (Å²) >= 11 is 6.20. The van der Waals surface area contributed by atoms with Crippen molar-refractivity contribution in [2.75, 3.05) is 17.3 Å². The number of rotatable bonds is 7. The van der Waals surface area contributed by atoms with Gasteiger partial charge in [-0.25, -0.2) is 4.98 Å². The minimum Gasteiger partial charge on any atom is -0.351 e. The zero-order valence-electron chi connectivity index (χ0n) is 17.4. The molecular weight excluding hydrogens is 372 g/mol.